The van der Waals surface area contributed by atoms with Gasteiger partial charge in [-0.3, -0.25) is 0 Å². The van der Waals surface area contributed by atoms with Crippen LogP contribution in [0, 0.1) is 5.41 Å². The van der Waals surface area contributed by atoms with Gasteiger partial charge in [0.1, 0.15) is 11.1 Å². The van der Waals surface area contributed by atoms with E-state index in [9.17, 15) is 0 Å². The smallest absolute Gasteiger partial charge is 0.122 e. The maximum absolute atomic E-state index is 5.83. The van der Waals surface area contributed by atoms with Gasteiger partial charge in [0.2, 0.25) is 0 Å². The lowest BCUT2D eigenvalue weighted by molar-refractivity contribution is -0.0134. The van der Waals surface area contributed by atoms with Gasteiger partial charge in [0.25, 0.3) is 0 Å². The first-order valence-electron chi connectivity index (χ1n) is 6.05. The zero-order chi connectivity index (χ0) is 12.2. The Hall–Kier alpha value is -0.410. The van der Waals surface area contributed by atoms with Crippen LogP contribution >= 0.6 is 11.3 Å². The Morgan fingerprint density at radius 2 is 2.06 bits per heavy atom. The molecule has 0 aliphatic carbocycles. The van der Waals surface area contributed by atoms with Crippen LogP contribution in [0.4, 0.5) is 0 Å². The standard InChI is InChI=1S/C13H23NOS/c1-6-8-10-9-16-12(14-10)11(15-7-2)13(3,4)5/h9,11H,6-8H2,1-5H3. The van der Waals surface area contributed by atoms with Crippen molar-refractivity contribution in [3.8, 4) is 0 Å². The molecule has 1 heterocycles. The second kappa shape index (κ2) is 5.78. The summed E-state index contributed by atoms with van der Waals surface area (Å²) in [5, 5.41) is 3.29. The van der Waals surface area contributed by atoms with E-state index in [1.807, 2.05) is 6.92 Å². The van der Waals surface area contributed by atoms with Crippen LogP contribution in [0.1, 0.15) is 57.8 Å². The fourth-order valence-electron chi connectivity index (χ4n) is 1.67. The number of hydrogen-bond donors (Lipinski definition) is 0. The van der Waals surface area contributed by atoms with Gasteiger partial charge in [-0.25, -0.2) is 4.98 Å². The van der Waals surface area contributed by atoms with Crippen LogP contribution < -0.4 is 0 Å². The molecular formula is C13H23NOS. The van der Waals surface area contributed by atoms with Crippen molar-refractivity contribution in [1.82, 2.24) is 4.98 Å². The molecule has 0 saturated carbocycles. The third kappa shape index (κ3) is 3.56. The number of aromatic nitrogens is 1. The van der Waals surface area contributed by atoms with Crippen LogP contribution in [0.2, 0.25) is 0 Å². The quantitative estimate of drug-likeness (QED) is 0.770. The third-order valence-electron chi connectivity index (χ3n) is 2.42. The molecule has 16 heavy (non-hydrogen) atoms. The van der Waals surface area contributed by atoms with E-state index in [2.05, 4.69) is 38.1 Å². The maximum Gasteiger partial charge on any atom is 0.122 e. The molecule has 0 fully saturated rings. The molecule has 0 spiro atoms. The Morgan fingerprint density at radius 1 is 1.38 bits per heavy atom. The lowest BCUT2D eigenvalue weighted by Crippen LogP contribution is -2.21. The number of rotatable bonds is 5. The molecule has 0 saturated heterocycles. The molecule has 0 aliphatic rings. The Balaban J connectivity index is 2.84. The van der Waals surface area contributed by atoms with Crippen LogP contribution in [0.5, 0.6) is 0 Å². The van der Waals surface area contributed by atoms with Crippen molar-refractivity contribution in [2.45, 2.75) is 53.6 Å². The van der Waals surface area contributed by atoms with Gasteiger partial charge in [-0.1, -0.05) is 34.1 Å². The van der Waals surface area contributed by atoms with E-state index in [4.69, 9.17) is 4.74 Å². The molecule has 3 heteroatoms. The van der Waals surface area contributed by atoms with Crippen molar-refractivity contribution in [3.05, 3.63) is 16.1 Å². The van der Waals surface area contributed by atoms with Gasteiger partial charge in [-0.15, -0.1) is 11.3 Å². The normalized spacial score (nSPS) is 14.1. The fraction of sp³-hybridized carbons (Fsp3) is 0.769. The van der Waals surface area contributed by atoms with Crippen LogP contribution in [-0.4, -0.2) is 11.6 Å². The van der Waals surface area contributed by atoms with E-state index < -0.39 is 0 Å². The molecule has 0 aliphatic heterocycles. The van der Waals surface area contributed by atoms with Crippen LogP contribution in [0.15, 0.2) is 5.38 Å². The third-order valence-corrected chi connectivity index (χ3v) is 3.36. The summed E-state index contributed by atoms with van der Waals surface area (Å²) in [5.74, 6) is 0. The minimum Gasteiger partial charge on any atom is -0.371 e. The minimum absolute atomic E-state index is 0.108. The van der Waals surface area contributed by atoms with Crippen molar-refractivity contribution in [2.24, 2.45) is 5.41 Å². The zero-order valence-corrected chi connectivity index (χ0v) is 11.9. The number of aryl methyl sites for hydroxylation is 1. The van der Waals surface area contributed by atoms with E-state index in [1.165, 1.54) is 5.69 Å². The van der Waals surface area contributed by atoms with E-state index >= 15 is 0 Å². The summed E-state index contributed by atoms with van der Waals surface area (Å²) in [4.78, 5) is 4.68. The summed E-state index contributed by atoms with van der Waals surface area (Å²) < 4.78 is 5.83. The van der Waals surface area contributed by atoms with Crippen LogP contribution in [0.3, 0.4) is 0 Å². The molecule has 1 aromatic rings. The van der Waals surface area contributed by atoms with Crippen molar-refractivity contribution in [1.29, 1.82) is 0 Å². The molecule has 2 nitrogen and oxygen atoms in total. The molecule has 0 N–H and O–H groups in total. The second-order valence-corrected chi connectivity index (χ2v) is 6.02. The SMILES string of the molecule is CCCc1csc(C(OCC)C(C)(C)C)n1. The van der Waals surface area contributed by atoms with E-state index in [1.54, 1.807) is 11.3 Å². The summed E-state index contributed by atoms with van der Waals surface area (Å²) in [6.45, 7) is 11.6. The van der Waals surface area contributed by atoms with Gasteiger partial charge in [0.15, 0.2) is 0 Å². The van der Waals surface area contributed by atoms with Gasteiger partial charge in [-0.2, -0.15) is 0 Å². The summed E-state index contributed by atoms with van der Waals surface area (Å²) in [6.07, 6.45) is 2.34. The highest BCUT2D eigenvalue weighted by atomic mass is 32.1. The molecule has 92 valence electrons. The molecule has 0 aromatic carbocycles. The highest BCUT2D eigenvalue weighted by molar-refractivity contribution is 7.09. The first kappa shape index (κ1) is 13.7. The molecule has 1 unspecified atom stereocenters. The van der Waals surface area contributed by atoms with E-state index in [0.29, 0.717) is 0 Å². The van der Waals surface area contributed by atoms with Gasteiger partial charge < -0.3 is 4.74 Å². The molecule has 0 bridgehead atoms. The molecule has 1 aromatic heterocycles. The second-order valence-electron chi connectivity index (χ2n) is 5.13. The predicted molar refractivity (Wildman–Crippen MR) is 69.9 cm³/mol. The van der Waals surface area contributed by atoms with Gasteiger partial charge >= 0.3 is 0 Å². The fourth-order valence-corrected chi connectivity index (χ4v) is 2.81. The highest BCUT2D eigenvalue weighted by Gasteiger charge is 2.29. The largest absolute Gasteiger partial charge is 0.371 e. The van der Waals surface area contributed by atoms with Crippen molar-refractivity contribution in [2.75, 3.05) is 6.61 Å². The van der Waals surface area contributed by atoms with Crippen LogP contribution in [0.25, 0.3) is 0 Å². The average Bonchev–Trinajstić information content (AvgIpc) is 2.61. The Morgan fingerprint density at radius 3 is 2.56 bits per heavy atom. The summed E-state index contributed by atoms with van der Waals surface area (Å²) >= 11 is 1.73. The Labute approximate surface area is 103 Å². The van der Waals surface area contributed by atoms with Crippen molar-refractivity contribution < 1.29 is 4.74 Å². The van der Waals surface area contributed by atoms with Gasteiger partial charge in [0.05, 0.1) is 5.69 Å². The van der Waals surface area contributed by atoms with Crippen LogP contribution in [-0.2, 0) is 11.2 Å². The number of ether oxygens (including phenoxy) is 1. The topological polar surface area (TPSA) is 22.1 Å². The van der Waals surface area contributed by atoms with Gasteiger partial charge in [0, 0.05) is 12.0 Å². The molecule has 1 rings (SSSR count). The average molecular weight is 241 g/mol. The lowest BCUT2D eigenvalue weighted by Gasteiger charge is -2.28. The molecule has 0 amide bonds. The zero-order valence-electron chi connectivity index (χ0n) is 11.0. The Bertz CT molecular complexity index is 314. The summed E-state index contributed by atoms with van der Waals surface area (Å²) in [7, 11) is 0. The summed E-state index contributed by atoms with van der Waals surface area (Å²) in [5.41, 5.74) is 1.31. The van der Waals surface area contributed by atoms with E-state index in [-0.39, 0.29) is 11.5 Å². The Kier molecular flexibility index (Phi) is 4.93. The molecule has 0 radical (unpaired) electrons. The van der Waals surface area contributed by atoms with Crippen molar-refractivity contribution in [3.63, 3.8) is 0 Å². The number of thiazole rings is 1. The van der Waals surface area contributed by atoms with Crippen molar-refractivity contribution >= 4 is 11.3 Å². The van der Waals surface area contributed by atoms with E-state index in [0.717, 1.165) is 24.5 Å². The number of hydrogen-bond acceptors (Lipinski definition) is 3. The van der Waals surface area contributed by atoms with Gasteiger partial charge in [-0.05, 0) is 18.8 Å². The molecule has 1 atom stereocenters. The monoisotopic (exact) mass is 241 g/mol. The highest BCUT2D eigenvalue weighted by Crippen LogP contribution is 2.37. The molecular weight excluding hydrogens is 218 g/mol. The first-order chi connectivity index (χ1) is 7.49. The number of nitrogens with zero attached hydrogens (tertiary/aromatic N) is 1. The minimum atomic E-state index is 0.108. The lowest BCUT2D eigenvalue weighted by atomic mass is 9.89. The maximum atomic E-state index is 5.83. The first-order valence-corrected chi connectivity index (χ1v) is 6.92. The summed E-state index contributed by atoms with van der Waals surface area (Å²) in [6, 6.07) is 0. The predicted octanol–water partition coefficient (Wildman–Crippen LogP) is 4.22.